The van der Waals surface area contributed by atoms with Gasteiger partial charge in [0, 0.05) is 31.6 Å². The van der Waals surface area contributed by atoms with Crippen LogP contribution < -0.4 is 5.32 Å². The quantitative estimate of drug-likeness (QED) is 0.805. The number of nitrogens with zero attached hydrogens (tertiary/aromatic N) is 1. The van der Waals surface area contributed by atoms with Crippen LogP contribution in [0.2, 0.25) is 0 Å². The lowest BCUT2D eigenvalue weighted by Crippen LogP contribution is -2.49. The molecule has 2 heterocycles. The molecule has 2 atom stereocenters. The summed E-state index contributed by atoms with van der Waals surface area (Å²) in [5, 5.41) is 3.67. The molecule has 0 aromatic rings. The second-order valence-electron chi connectivity index (χ2n) is 7.33. The summed E-state index contributed by atoms with van der Waals surface area (Å²) in [5.74, 6) is 1.06. The lowest BCUT2D eigenvalue weighted by atomic mass is 9.94. The van der Waals surface area contributed by atoms with Crippen LogP contribution in [0.3, 0.4) is 0 Å². The van der Waals surface area contributed by atoms with Crippen molar-refractivity contribution in [2.24, 2.45) is 5.92 Å². The van der Waals surface area contributed by atoms with Gasteiger partial charge in [0.2, 0.25) is 5.91 Å². The number of carbonyl (C=O) groups is 1. The van der Waals surface area contributed by atoms with E-state index in [1.807, 2.05) is 0 Å². The van der Waals surface area contributed by atoms with Crippen LogP contribution >= 0.6 is 0 Å². The molecule has 114 valence electrons. The molecule has 2 unspecified atom stereocenters. The lowest BCUT2D eigenvalue weighted by Gasteiger charge is -2.36. The van der Waals surface area contributed by atoms with Gasteiger partial charge in [-0.15, -0.1) is 0 Å². The van der Waals surface area contributed by atoms with E-state index in [4.69, 9.17) is 0 Å². The molecule has 3 aliphatic rings. The van der Waals surface area contributed by atoms with Crippen molar-refractivity contribution in [1.29, 1.82) is 0 Å². The summed E-state index contributed by atoms with van der Waals surface area (Å²) in [7, 11) is 2.05. The average Bonchev–Trinajstić information content (AvgIpc) is 2.67. The number of hydrogen-bond donors (Lipinski definition) is 1. The Morgan fingerprint density at radius 1 is 1.00 bits per heavy atom. The van der Waals surface area contributed by atoms with Crippen molar-refractivity contribution in [2.45, 2.75) is 88.8 Å². The Morgan fingerprint density at radius 2 is 1.60 bits per heavy atom. The molecule has 3 fully saturated rings. The van der Waals surface area contributed by atoms with E-state index in [2.05, 4.69) is 17.3 Å². The number of nitrogens with one attached hydrogen (secondary N) is 1. The highest BCUT2D eigenvalue weighted by atomic mass is 16.2. The van der Waals surface area contributed by atoms with Crippen LogP contribution in [-0.4, -0.2) is 36.0 Å². The molecular weight excluding hydrogens is 248 g/mol. The standard InChI is InChI=1S/C17H30N2O/c1-19(16-11-14-8-9-15(12-16)18-14)17(20)10-13-6-4-2-3-5-7-13/h13-16,18H,2-12H2,1H3. The van der Waals surface area contributed by atoms with Gasteiger partial charge in [-0.2, -0.15) is 0 Å². The molecule has 0 aromatic carbocycles. The van der Waals surface area contributed by atoms with Crippen LogP contribution in [0.15, 0.2) is 0 Å². The predicted octanol–water partition coefficient (Wildman–Crippen LogP) is 3.09. The Balaban J connectivity index is 1.51. The molecule has 0 radical (unpaired) electrons. The minimum Gasteiger partial charge on any atom is -0.343 e. The number of rotatable bonds is 3. The van der Waals surface area contributed by atoms with Gasteiger partial charge < -0.3 is 10.2 Å². The van der Waals surface area contributed by atoms with E-state index in [1.165, 1.54) is 64.2 Å². The van der Waals surface area contributed by atoms with Crippen LogP contribution in [0.5, 0.6) is 0 Å². The Hall–Kier alpha value is -0.570. The molecule has 3 heteroatoms. The maximum atomic E-state index is 12.6. The first-order valence-electron chi connectivity index (χ1n) is 8.74. The smallest absolute Gasteiger partial charge is 0.222 e. The van der Waals surface area contributed by atoms with E-state index in [9.17, 15) is 4.79 Å². The van der Waals surface area contributed by atoms with Gasteiger partial charge in [0.05, 0.1) is 0 Å². The number of carbonyl (C=O) groups excluding carboxylic acids is 1. The highest BCUT2D eigenvalue weighted by Crippen LogP contribution is 2.31. The second-order valence-corrected chi connectivity index (χ2v) is 7.33. The SMILES string of the molecule is CN(C(=O)CC1CCCCCC1)C1CC2CCC(C1)N2. The zero-order chi connectivity index (χ0) is 13.9. The molecule has 1 aliphatic carbocycles. The van der Waals surface area contributed by atoms with E-state index in [0.29, 0.717) is 30.0 Å². The van der Waals surface area contributed by atoms with E-state index in [1.54, 1.807) is 0 Å². The molecule has 1 N–H and O–H groups in total. The fraction of sp³-hybridized carbons (Fsp3) is 0.941. The fourth-order valence-electron chi connectivity index (χ4n) is 4.51. The van der Waals surface area contributed by atoms with Crippen molar-refractivity contribution >= 4 is 5.91 Å². The first-order chi connectivity index (χ1) is 9.72. The molecule has 20 heavy (non-hydrogen) atoms. The zero-order valence-corrected chi connectivity index (χ0v) is 12.9. The molecule has 2 saturated heterocycles. The Morgan fingerprint density at radius 3 is 2.20 bits per heavy atom. The highest BCUT2D eigenvalue weighted by Gasteiger charge is 2.36. The molecule has 0 spiro atoms. The average molecular weight is 278 g/mol. The van der Waals surface area contributed by atoms with Gasteiger partial charge in [-0.25, -0.2) is 0 Å². The number of hydrogen-bond acceptors (Lipinski definition) is 2. The molecule has 1 amide bonds. The monoisotopic (exact) mass is 278 g/mol. The van der Waals surface area contributed by atoms with E-state index in [0.717, 1.165) is 6.42 Å². The predicted molar refractivity (Wildman–Crippen MR) is 81.5 cm³/mol. The molecule has 0 aromatic heterocycles. The van der Waals surface area contributed by atoms with Crippen molar-refractivity contribution < 1.29 is 4.79 Å². The second kappa shape index (κ2) is 6.46. The third-order valence-electron chi connectivity index (χ3n) is 5.83. The van der Waals surface area contributed by atoms with Gasteiger partial charge in [0.15, 0.2) is 0 Å². The summed E-state index contributed by atoms with van der Waals surface area (Å²) in [6.45, 7) is 0. The maximum absolute atomic E-state index is 12.6. The largest absolute Gasteiger partial charge is 0.343 e. The normalized spacial score (nSPS) is 34.8. The van der Waals surface area contributed by atoms with Gasteiger partial charge in [-0.1, -0.05) is 25.7 Å². The number of amides is 1. The minimum absolute atomic E-state index is 0.406. The summed E-state index contributed by atoms with van der Waals surface area (Å²) in [5.41, 5.74) is 0. The molecule has 3 rings (SSSR count). The molecule has 2 aliphatic heterocycles. The Labute approximate surface area is 123 Å². The first-order valence-corrected chi connectivity index (χ1v) is 8.74. The van der Waals surface area contributed by atoms with E-state index in [-0.39, 0.29) is 0 Å². The summed E-state index contributed by atoms with van der Waals surface area (Å²) in [6.07, 6.45) is 13.7. The van der Waals surface area contributed by atoms with Crippen molar-refractivity contribution in [2.75, 3.05) is 7.05 Å². The van der Waals surface area contributed by atoms with Crippen LogP contribution in [0.25, 0.3) is 0 Å². The van der Waals surface area contributed by atoms with E-state index >= 15 is 0 Å². The topological polar surface area (TPSA) is 32.3 Å². The van der Waals surface area contributed by atoms with Crippen LogP contribution in [-0.2, 0) is 4.79 Å². The Bertz CT molecular complexity index is 324. The van der Waals surface area contributed by atoms with Crippen LogP contribution in [0.4, 0.5) is 0 Å². The van der Waals surface area contributed by atoms with Crippen molar-refractivity contribution in [3.8, 4) is 0 Å². The molecule has 2 bridgehead atoms. The summed E-state index contributed by atoms with van der Waals surface area (Å²) in [4.78, 5) is 14.7. The van der Waals surface area contributed by atoms with Crippen molar-refractivity contribution in [3.05, 3.63) is 0 Å². The van der Waals surface area contributed by atoms with Gasteiger partial charge in [-0.3, -0.25) is 4.79 Å². The summed E-state index contributed by atoms with van der Waals surface area (Å²) < 4.78 is 0. The maximum Gasteiger partial charge on any atom is 0.222 e. The molecule has 1 saturated carbocycles. The molecular formula is C17H30N2O. The Kier molecular flexibility index (Phi) is 4.65. The number of piperidine rings is 1. The van der Waals surface area contributed by atoms with E-state index < -0.39 is 0 Å². The van der Waals surface area contributed by atoms with Gasteiger partial charge in [0.1, 0.15) is 0 Å². The van der Waals surface area contributed by atoms with Crippen LogP contribution in [0.1, 0.15) is 70.6 Å². The zero-order valence-electron chi connectivity index (χ0n) is 12.9. The van der Waals surface area contributed by atoms with Gasteiger partial charge in [-0.05, 0) is 44.4 Å². The van der Waals surface area contributed by atoms with Gasteiger partial charge in [0.25, 0.3) is 0 Å². The third kappa shape index (κ3) is 3.36. The van der Waals surface area contributed by atoms with Crippen LogP contribution in [0, 0.1) is 5.92 Å². The fourth-order valence-corrected chi connectivity index (χ4v) is 4.51. The minimum atomic E-state index is 0.406. The van der Waals surface area contributed by atoms with Gasteiger partial charge >= 0.3 is 0 Å². The summed E-state index contributed by atoms with van der Waals surface area (Å²) >= 11 is 0. The third-order valence-corrected chi connectivity index (χ3v) is 5.83. The number of fused-ring (bicyclic) bond motifs is 2. The lowest BCUT2D eigenvalue weighted by molar-refractivity contribution is -0.133. The molecule has 3 nitrogen and oxygen atoms in total. The highest BCUT2D eigenvalue weighted by molar-refractivity contribution is 5.76. The van der Waals surface area contributed by atoms with Crippen molar-refractivity contribution in [3.63, 3.8) is 0 Å². The van der Waals surface area contributed by atoms with Crippen molar-refractivity contribution in [1.82, 2.24) is 10.2 Å². The first kappa shape index (κ1) is 14.4. The summed E-state index contributed by atoms with van der Waals surface area (Å²) in [6, 6.07) is 1.84.